The summed E-state index contributed by atoms with van der Waals surface area (Å²) in [5, 5.41) is 4.60. The van der Waals surface area contributed by atoms with Crippen molar-refractivity contribution in [2.24, 2.45) is 0 Å². The standard InChI is InChI=1S/C97H65N3OS/c1-8-29-71(30-9-1)97(72-31-10-2-11-32-72)90-45-24-22-43-82(90)83-55-49-68(61-91(83)97)67-27-26-28-69(59-67)85-62-79(53-56-81(85)70-50-57-94-87(60-70)84-44-23-25-46-93(84)101-94)99(75-37-16-5-17-38-75)78-51-47-66(48-52-78)86-65-96-89(64-92(86)100(76-39-18-6-19-40-76)77-41-20-7-21-42-77)88-63-80(54-58-95(88)102-96)98(73-33-12-3-13-34-73)74-35-14-4-15-36-74/h1-65H. The molecule has 0 unspecified atom stereocenters. The molecule has 0 fully saturated rings. The first kappa shape index (κ1) is 60.1. The van der Waals surface area contributed by atoms with Gasteiger partial charge in [0.2, 0.25) is 0 Å². The van der Waals surface area contributed by atoms with E-state index < -0.39 is 5.41 Å². The van der Waals surface area contributed by atoms with E-state index in [1.807, 2.05) is 17.4 Å². The molecular weight excluding hydrogens is 1260 g/mol. The van der Waals surface area contributed by atoms with Gasteiger partial charge in [-0.1, -0.05) is 249 Å². The molecule has 1 aliphatic rings. The van der Waals surface area contributed by atoms with E-state index in [-0.39, 0.29) is 0 Å². The lowest BCUT2D eigenvalue weighted by Crippen LogP contribution is -2.28. The summed E-state index contributed by atoms with van der Waals surface area (Å²) in [6, 6.07) is 144. The predicted molar refractivity (Wildman–Crippen MR) is 430 cm³/mol. The number of thiophene rings is 1. The summed E-state index contributed by atoms with van der Waals surface area (Å²) in [7, 11) is 0. The first-order valence-electron chi connectivity index (χ1n) is 34.9. The lowest BCUT2D eigenvalue weighted by molar-refractivity contribution is 0.669. The molecule has 0 N–H and O–H groups in total. The SMILES string of the molecule is c1ccc(N(c2ccc(-c3cc4sc5ccc(N(c6ccccc6)c6ccccc6)cc5c4cc3N(c3ccccc3)c3ccccc3)cc2)c2ccc(-c3ccc4oc5ccccc5c4c3)c(-c3cccc(-c4ccc5c(c4)C(c4ccccc4)(c4ccccc4)c4ccccc4-5)c3)c2)cc1. The average Bonchev–Trinajstić information content (AvgIpc) is 1.54. The fourth-order valence-electron chi connectivity index (χ4n) is 15.9. The zero-order valence-corrected chi connectivity index (χ0v) is 56.5. The van der Waals surface area contributed by atoms with Crippen LogP contribution in [0.2, 0.25) is 0 Å². The summed E-state index contributed by atoms with van der Waals surface area (Å²) in [6.45, 7) is 0. The molecule has 0 bridgehead atoms. The summed E-state index contributed by atoms with van der Waals surface area (Å²) < 4.78 is 8.89. The van der Waals surface area contributed by atoms with Gasteiger partial charge in [0.1, 0.15) is 11.2 Å². The molecule has 2 aromatic heterocycles. The van der Waals surface area contributed by atoms with Crippen LogP contribution in [0.4, 0.5) is 51.2 Å². The molecule has 0 aliphatic heterocycles. The molecule has 4 nitrogen and oxygen atoms in total. The molecule has 19 rings (SSSR count). The highest BCUT2D eigenvalue weighted by atomic mass is 32.1. The summed E-state index contributed by atoms with van der Waals surface area (Å²) in [6.07, 6.45) is 0. The van der Waals surface area contributed by atoms with Crippen molar-refractivity contribution in [1.29, 1.82) is 0 Å². The summed E-state index contributed by atoms with van der Waals surface area (Å²) in [5.41, 5.74) is 27.4. The number of furan rings is 1. The highest BCUT2D eigenvalue weighted by molar-refractivity contribution is 7.25. The number of hydrogen-bond donors (Lipinski definition) is 0. The van der Waals surface area contributed by atoms with Crippen LogP contribution in [0.1, 0.15) is 22.3 Å². The van der Waals surface area contributed by atoms with Crippen molar-refractivity contribution in [3.8, 4) is 55.6 Å². The molecule has 102 heavy (non-hydrogen) atoms. The van der Waals surface area contributed by atoms with Gasteiger partial charge in [-0.3, -0.25) is 0 Å². The topological polar surface area (TPSA) is 22.9 Å². The van der Waals surface area contributed by atoms with Gasteiger partial charge in [-0.25, -0.2) is 0 Å². The van der Waals surface area contributed by atoms with Crippen molar-refractivity contribution < 1.29 is 4.42 Å². The molecule has 480 valence electrons. The molecule has 18 aromatic rings. The second-order valence-corrected chi connectivity index (χ2v) is 27.4. The van der Waals surface area contributed by atoms with Gasteiger partial charge in [-0.05, 0) is 218 Å². The first-order chi connectivity index (χ1) is 50.6. The van der Waals surface area contributed by atoms with Gasteiger partial charge in [0, 0.05) is 82.0 Å². The van der Waals surface area contributed by atoms with Gasteiger partial charge in [0.15, 0.2) is 0 Å². The minimum atomic E-state index is -0.529. The van der Waals surface area contributed by atoms with Crippen LogP contribution in [0, 0.1) is 0 Å². The molecule has 1 aliphatic carbocycles. The number of nitrogens with zero attached hydrogens (tertiary/aromatic N) is 3. The van der Waals surface area contributed by atoms with Crippen molar-refractivity contribution in [2.45, 2.75) is 5.41 Å². The van der Waals surface area contributed by atoms with E-state index >= 15 is 0 Å². The van der Waals surface area contributed by atoms with E-state index in [0.29, 0.717) is 0 Å². The minimum Gasteiger partial charge on any atom is -0.456 e. The highest BCUT2D eigenvalue weighted by Gasteiger charge is 2.46. The Morgan fingerprint density at radius 1 is 0.216 bits per heavy atom. The molecule has 0 amide bonds. The maximum absolute atomic E-state index is 6.45. The smallest absolute Gasteiger partial charge is 0.135 e. The summed E-state index contributed by atoms with van der Waals surface area (Å²) in [4.78, 5) is 7.18. The lowest BCUT2D eigenvalue weighted by Gasteiger charge is -2.34. The third-order valence-corrected chi connectivity index (χ3v) is 21.6. The van der Waals surface area contributed by atoms with Crippen LogP contribution in [0.15, 0.2) is 399 Å². The quantitative estimate of drug-likeness (QED) is 0.102. The lowest BCUT2D eigenvalue weighted by atomic mass is 9.67. The molecule has 0 atom stereocenters. The summed E-state index contributed by atoms with van der Waals surface area (Å²) >= 11 is 1.85. The Morgan fingerprint density at radius 2 is 0.667 bits per heavy atom. The fraction of sp³-hybridized carbons (Fsp3) is 0.0103. The van der Waals surface area contributed by atoms with E-state index in [9.17, 15) is 0 Å². The van der Waals surface area contributed by atoms with Gasteiger partial charge in [0.05, 0.1) is 11.1 Å². The molecule has 0 spiro atoms. The van der Waals surface area contributed by atoms with E-state index in [2.05, 4.69) is 403 Å². The number of hydrogen-bond acceptors (Lipinski definition) is 5. The second-order valence-electron chi connectivity index (χ2n) is 26.3. The molecular formula is C97H65N3OS. The van der Waals surface area contributed by atoms with Crippen LogP contribution in [-0.4, -0.2) is 0 Å². The zero-order valence-electron chi connectivity index (χ0n) is 55.7. The third kappa shape index (κ3) is 10.4. The first-order valence-corrected chi connectivity index (χ1v) is 35.7. The van der Waals surface area contributed by atoms with Crippen molar-refractivity contribution >= 4 is 105 Å². The Kier molecular flexibility index (Phi) is 14.9. The van der Waals surface area contributed by atoms with Crippen LogP contribution in [-0.2, 0) is 5.41 Å². The van der Waals surface area contributed by atoms with Crippen LogP contribution < -0.4 is 14.7 Å². The third-order valence-electron chi connectivity index (χ3n) is 20.5. The molecule has 16 aromatic carbocycles. The number of benzene rings is 16. The van der Waals surface area contributed by atoms with Gasteiger partial charge >= 0.3 is 0 Å². The predicted octanol–water partition coefficient (Wildman–Crippen LogP) is 27.4. The molecule has 0 saturated carbocycles. The van der Waals surface area contributed by atoms with Crippen LogP contribution in [0.5, 0.6) is 0 Å². The number of para-hydroxylation sites is 6. The van der Waals surface area contributed by atoms with Crippen molar-refractivity contribution in [3.63, 3.8) is 0 Å². The van der Waals surface area contributed by atoms with Crippen molar-refractivity contribution in [1.82, 2.24) is 0 Å². The maximum Gasteiger partial charge on any atom is 0.135 e. The Bertz CT molecular complexity index is 6000. The van der Waals surface area contributed by atoms with Gasteiger partial charge in [-0.2, -0.15) is 0 Å². The van der Waals surface area contributed by atoms with Crippen LogP contribution >= 0.6 is 11.3 Å². The molecule has 2 heterocycles. The Morgan fingerprint density at radius 3 is 1.30 bits per heavy atom. The van der Waals surface area contributed by atoms with E-state index in [0.717, 1.165) is 118 Å². The molecule has 0 saturated heterocycles. The Labute approximate surface area is 597 Å². The Hall–Kier alpha value is -13.1. The highest BCUT2D eigenvalue weighted by Crippen LogP contribution is 2.57. The van der Waals surface area contributed by atoms with Crippen molar-refractivity contribution in [2.75, 3.05) is 14.7 Å². The van der Waals surface area contributed by atoms with Gasteiger partial charge in [-0.15, -0.1) is 11.3 Å². The van der Waals surface area contributed by atoms with E-state index in [1.54, 1.807) is 0 Å². The maximum atomic E-state index is 6.45. The zero-order chi connectivity index (χ0) is 67.5. The number of rotatable bonds is 15. The van der Waals surface area contributed by atoms with Gasteiger partial charge in [0.25, 0.3) is 0 Å². The minimum absolute atomic E-state index is 0.529. The fourth-order valence-corrected chi connectivity index (χ4v) is 17.0. The normalized spacial score (nSPS) is 12.2. The second kappa shape index (κ2) is 25.3. The van der Waals surface area contributed by atoms with Crippen LogP contribution in [0.25, 0.3) is 97.7 Å². The number of anilines is 9. The van der Waals surface area contributed by atoms with Crippen molar-refractivity contribution in [3.05, 3.63) is 417 Å². The largest absolute Gasteiger partial charge is 0.456 e. The van der Waals surface area contributed by atoms with E-state index in [4.69, 9.17) is 4.42 Å². The van der Waals surface area contributed by atoms with E-state index in [1.165, 1.54) is 53.6 Å². The average molecular weight is 1320 g/mol. The monoisotopic (exact) mass is 1320 g/mol. The summed E-state index contributed by atoms with van der Waals surface area (Å²) in [5.74, 6) is 0. The molecule has 5 heteroatoms. The Balaban J connectivity index is 0.765. The van der Waals surface area contributed by atoms with Gasteiger partial charge < -0.3 is 19.1 Å². The van der Waals surface area contributed by atoms with Crippen LogP contribution in [0.3, 0.4) is 0 Å². The number of fused-ring (bicyclic) bond motifs is 9. The molecule has 0 radical (unpaired) electrons.